The Hall–Kier alpha value is -4.09. The Bertz CT molecular complexity index is 1480. The van der Waals surface area contributed by atoms with Gasteiger partial charge in [-0.1, -0.05) is 12.1 Å². The number of aliphatic carboxylic acids is 1. The highest BCUT2D eigenvalue weighted by Crippen LogP contribution is 2.30. The molecule has 214 valence electrons. The van der Waals surface area contributed by atoms with Crippen LogP contribution in [0.25, 0.3) is 11.3 Å². The highest BCUT2D eigenvalue weighted by molar-refractivity contribution is 7.98. The smallest absolute Gasteiger partial charge is 0.326 e. The van der Waals surface area contributed by atoms with Gasteiger partial charge in [-0.3, -0.25) is 4.79 Å². The first kappa shape index (κ1) is 29.9. The zero-order chi connectivity index (χ0) is 29.4. The Kier molecular flexibility index (Phi) is 10.2. The van der Waals surface area contributed by atoms with E-state index < -0.39 is 35.7 Å². The number of pyridine rings is 1. The van der Waals surface area contributed by atoms with Crippen molar-refractivity contribution in [3.8, 4) is 11.3 Å². The lowest BCUT2D eigenvalue weighted by atomic mass is 10.0. The number of aromatic amines is 1. The van der Waals surface area contributed by atoms with E-state index in [1.54, 1.807) is 30.5 Å². The number of benzene rings is 2. The molecule has 4 aromatic rings. The Morgan fingerprint density at radius 1 is 1.05 bits per heavy atom. The van der Waals surface area contributed by atoms with Gasteiger partial charge in [-0.25, -0.2) is 23.5 Å². The summed E-state index contributed by atoms with van der Waals surface area (Å²) in [6.07, 6.45) is 3.65. The van der Waals surface area contributed by atoms with Gasteiger partial charge in [0.05, 0.1) is 23.6 Å². The molecule has 41 heavy (non-hydrogen) atoms. The molecular formula is C30H30F2N4O4S. The summed E-state index contributed by atoms with van der Waals surface area (Å²) in [6.45, 7) is 2.14. The third kappa shape index (κ3) is 7.99. The third-order valence-electron chi connectivity index (χ3n) is 6.35. The summed E-state index contributed by atoms with van der Waals surface area (Å²) in [4.78, 5) is 37.2. The largest absolute Gasteiger partial charge is 0.480 e. The van der Waals surface area contributed by atoms with Crippen LogP contribution in [0.3, 0.4) is 0 Å². The zero-order valence-electron chi connectivity index (χ0n) is 22.6. The molecule has 2 aromatic carbocycles. The van der Waals surface area contributed by atoms with Crippen molar-refractivity contribution < 1.29 is 28.2 Å². The van der Waals surface area contributed by atoms with E-state index in [4.69, 9.17) is 9.72 Å². The number of aryl methyl sites for hydroxylation is 1. The van der Waals surface area contributed by atoms with Crippen molar-refractivity contribution in [1.82, 2.24) is 20.3 Å². The minimum atomic E-state index is -1.14. The number of rotatable bonds is 13. The second-order valence-electron chi connectivity index (χ2n) is 9.33. The maximum Gasteiger partial charge on any atom is 0.326 e. The number of aromatic nitrogens is 3. The van der Waals surface area contributed by atoms with Crippen LogP contribution in [-0.2, 0) is 16.0 Å². The fourth-order valence-electron chi connectivity index (χ4n) is 4.24. The van der Waals surface area contributed by atoms with Gasteiger partial charge in [-0.2, -0.15) is 11.8 Å². The van der Waals surface area contributed by atoms with Crippen molar-refractivity contribution >= 4 is 23.6 Å². The topological polar surface area (TPSA) is 117 Å². The molecule has 0 aliphatic heterocycles. The molecule has 1 unspecified atom stereocenters. The monoisotopic (exact) mass is 580 g/mol. The molecule has 2 heterocycles. The van der Waals surface area contributed by atoms with E-state index in [-0.39, 0.29) is 24.3 Å². The molecule has 3 N–H and O–H groups in total. The summed E-state index contributed by atoms with van der Waals surface area (Å²) in [5, 5.41) is 12.2. The highest BCUT2D eigenvalue weighted by Gasteiger charge is 2.25. The van der Waals surface area contributed by atoms with Gasteiger partial charge < -0.3 is 20.1 Å². The lowest BCUT2D eigenvalue weighted by Crippen LogP contribution is -2.41. The summed E-state index contributed by atoms with van der Waals surface area (Å²) >= 11 is 1.48. The molecule has 0 bridgehead atoms. The number of amides is 1. The molecule has 0 spiro atoms. The number of hydrogen-bond acceptors (Lipinski definition) is 6. The summed E-state index contributed by atoms with van der Waals surface area (Å²) < 4.78 is 33.7. The van der Waals surface area contributed by atoms with Crippen LogP contribution in [0.5, 0.6) is 0 Å². The lowest BCUT2D eigenvalue weighted by Gasteiger charge is -2.21. The molecule has 1 amide bonds. The summed E-state index contributed by atoms with van der Waals surface area (Å²) in [7, 11) is 0. The average molecular weight is 581 g/mol. The van der Waals surface area contributed by atoms with Crippen molar-refractivity contribution in [2.24, 2.45) is 0 Å². The number of imidazole rings is 1. The Morgan fingerprint density at radius 2 is 1.73 bits per heavy atom. The van der Waals surface area contributed by atoms with E-state index in [2.05, 4.69) is 15.3 Å². The Morgan fingerprint density at radius 3 is 2.34 bits per heavy atom. The van der Waals surface area contributed by atoms with Gasteiger partial charge in [0.25, 0.3) is 5.91 Å². The van der Waals surface area contributed by atoms with Gasteiger partial charge in [0.2, 0.25) is 0 Å². The average Bonchev–Trinajstić information content (AvgIpc) is 3.38. The number of nitrogens with zero attached hydrogens (tertiary/aromatic N) is 2. The first-order valence-corrected chi connectivity index (χ1v) is 14.3. The molecule has 0 aliphatic carbocycles. The van der Waals surface area contributed by atoms with Crippen molar-refractivity contribution in [1.29, 1.82) is 0 Å². The van der Waals surface area contributed by atoms with E-state index in [0.717, 1.165) is 11.5 Å². The van der Waals surface area contributed by atoms with Crippen LogP contribution < -0.4 is 5.32 Å². The molecule has 11 heteroatoms. The molecule has 0 saturated carbocycles. The molecule has 2 atom stereocenters. The highest BCUT2D eigenvalue weighted by atomic mass is 32.2. The Balaban J connectivity index is 1.71. The van der Waals surface area contributed by atoms with Crippen molar-refractivity contribution in [2.75, 3.05) is 18.6 Å². The van der Waals surface area contributed by atoms with Crippen LogP contribution in [0, 0.1) is 18.6 Å². The van der Waals surface area contributed by atoms with E-state index in [1.165, 1.54) is 48.2 Å². The van der Waals surface area contributed by atoms with Crippen LogP contribution in [0.15, 0.2) is 66.9 Å². The molecule has 0 radical (unpaired) electrons. The number of hydrogen-bond donors (Lipinski definition) is 3. The SMILES string of the molecule is CSCC[C@H](NC(=O)c1ccc(C(OCCc2cnc(C)[nH]2)c2ccc(F)cc2)nc1-c1ccc(F)cc1)C(=O)O. The van der Waals surface area contributed by atoms with E-state index in [0.29, 0.717) is 29.0 Å². The Labute approximate surface area is 240 Å². The van der Waals surface area contributed by atoms with Crippen molar-refractivity contribution in [2.45, 2.75) is 31.9 Å². The molecule has 8 nitrogen and oxygen atoms in total. The number of halogens is 2. The number of carboxylic acids is 1. The van der Waals surface area contributed by atoms with Gasteiger partial charge in [0, 0.05) is 23.9 Å². The van der Waals surface area contributed by atoms with Crippen LogP contribution in [0.1, 0.15) is 45.7 Å². The van der Waals surface area contributed by atoms with Crippen LogP contribution in [0.4, 0.5) is 8.78 Å². The number of carbonyl (C=O) groups is 2. The van der Waals surface area contributed by atoms with Crippen molar-refractivity contribution in [3.63, 3.8) is 0 Å². The molecule has 2 aromatic heterocycles. The van der Waals surface area contributed by atoms with E-state index >= 15 is 0 Å². The summed E-state index contributed by atoms with van der Waals surface area (Å²) in [5.41, 5.74) is 2.79. The normalized spacial score (nSPS) is 12.6. The quantitative estimate of drug-likeness (QED) is 0.195. The van der Waals surface area contributed by atoms with Crippen molar-refractivity contribution in [3.05, 3.63) is 107 Å². The van der Waals surface area contributed by atoms with Gasteiger partial charge in [-0.15, -0.1) is 0 Å². The number of thioether (sulfide) groups is 1. The number of ether oxygens (including phenoxy) is 1. The fraction of sp³-hybridized carbons (Fsp3) is 0.267. The fourth-order valence-corrected chi connectivity index (χ4v) is 4.71. The van der Waals surface area contributed by atoms with Gasteiger partial charge >= 0.3 is 5.97 Å². The maximum absolute atomic E-state index is 13.8. The van der Waals surface area contributed by atoms with Gasteiger partial charge in [0.15, 0.2) is 0 Å². The molecule has 0 saturated heterocycles. The number of nitrogens with one attached hydrogen (secondary N) is 2. The molecular weight excluding hydrogens is 550 g/mol. The first-order chi connectivity index (χ1) is 19.7. The second-order valence-corrected chi connectivity index (χ2v) is 10.3. The number of H-pyrrole nitrogens is 1. The standard InChI is InChI=1S/C30H30F2N4O4S/c1-18-33-17-23(34-18)13-15-40-28(20-5-9-22(32)10-6-20)25-12-11-24(27(35-25)19-3-7-21(31)8-4-19)29(37)36-26(30(38)39)14-16-41-2/h3-12,17,26,28H,13-16H2,1-2H3,(H,33,34)(H,36,37)(H,38,39)/t26-,28?/m0/s1. The zero-order valence-corrected chi connectivity index (χ0v) is 23.4. The minimum absolute atomic E-state index is 0.126. The van der Waals surface area contributed by atoms with Crippen LogP contribution >= 0.6 is 11.8 Å². The lowest BCUT2D eigenvalue weighted by molar-refractivity contribution is -0.139. The predicted octanol–water partition coefficient (Wildman–Crippen LogP) is 5.34. The van der Waals surface area contributed by atoms with Crippen LogP contribution in [-0.4, -0.2) is 56.6 Å². The molecule has 0 aliphatic rings. The summed E-state index contributed by atoms with van der Waals surface area (Å²) in [5.74, 6) is -1.28. The van der Waals surface area contributed by atoms with E-state index in [9.17, 15) is 23.5 Å². The summed E-state index contributed by atoms with van der Waals surface area (Å²) in [6, 6.07) is 13.4. The number of carboxylic acid groups (broad SMARTS) is 1. The van der Waals surface area contributed by atoms with E-state index in [1.807, 2.05) is 13.2 Å². The third-order valence-corrected chi connectivity index (χ3v) is 6.99. The predicted molar refractivity (Wildman–Crippen MR) is 153 cm³/mol. The number of carbonyl (C=O) groups excluding carboxylic acids is 1. The first-order valence-electron chi connectivity index (χ1n) is 12.9. The minimum Gasteiger partial charge on any atom is -0.480 e. The molecule has 0 fully saturated rings. The van der Waals surface area contributed by atoms with Crippen LogP contribution in [0.2, 0.25) is 0 Å². The maximum atomic E-state index is 13.8. The molecule has 4 rings (SSSR count). The second kappa shape index (κ2) is 14.0. The van der Waals surface area contributed by atoms with Gasteiger partial charge in [0.1, 0.15) is 29.6 Å². The van der Waals surface area contributed by atoms with Gasteiger partial charge in [-0.05, 0) is 79.4 Å².